The molecule has 122 valence electrons. The summed E-state index contributed by atoms with van der Waals surface area (Å²) in [5.74, 6) is 1.81. The first kappa shape index (κ1) is 18.9. The van der Waals surface area contributed by atoms with Crippen molar-refractivity contribution in [2.45, 2.75) is 13.0 Å². The second-order valence-electron chi connectivity index (χ2n) is 4.92. The van der Waals surface area contributed by atoms with Gasteiger partial charge in [-0.05, 0) is 18.2 Å². The van der Waals surface area contributed by atoms with Gasteiger partial charge in [0.2, 0.25) is 0 Å². The lowest BCUT2D eigenvalue weighted by Gasteiger charge is -2.22. The molecule has 7 heteroatoms. The number of furan rings is 1. The van der Waals surface area contributed by atoms with E-state index in [0.29, 0.717) is 0 Å². The van der Waals surface area contributed by atoms with Gasteiger partial charge in [-0.25, -0.2) is 0 Å². The third kappa shape index (κ3) is 5.24. The maximum absolute atomic E-state index is 6.01. The van der Waals surface area contributed by atoms with Crippen LogP contribution < -0.4 is 5.32 Å². The summed E-state index contributed by atoms with van der Waals surface area (Å²) in [4.78, 5) is 6.36. The fourth-order valence-corrected chi connectivity index (χ4v) is 2.45. The maximum Gasteiger partial charge on any atom is 0.193 e. The van der Waals surface area contributed by atoms with E-state index in [1.54, 1.807) is 13.3 Å². The largest absolute Gasteiger partial charge is 0.469 e. The highest BCUT2D eigenvalue weighted by Crippen LogP contribution is 2.14. The molecule has 22 heavy (non-hydrogen) atoms. The number of halogens is 2. The Labute approximate surface area is 153 Å². The minimum atomic E-state index is 0. The molecule has 0 amide bonds. The van der Waals surface area contributed by atoms with E-state index in [1.165, 1.54) is 0 Å². The van der Waals surface area contributed by atoms with Gasteiger partial charge in [-0.3, -0.25) is 4.99 Å². The van der Waals surface area contributed by atoms with Crippen LogP contribution in [0.2, 0.25) is 5.02 Å². The molecule has 0 unspecified atom stereocenters. The Kier molecular flexibility index (Phi) is 7.81. The molecule has 2 aromatic rings. The second-order valence-corrected chi connectivity index (χ2v) is 5.36. The average Bonchev–Trinajstić information content (AvgIpc) is 3.05. The zero-order valence-corrected chi connectivity index (χ0v) is 16.1. The monoisotopic (exact) mass is 436 g/mol. The van der Waals surface area contributed by atoms with Crippen molar-refractivity contribution < 1.29 is 4.42 Å². The molecule has 0 atom stereocenters. The van der Waals surface area contributed by atoms with Crippen LogP contribution in [0.25, 0.3) is 0 Å². The first-order chi connectivity index (χ1) is 10.1. The van der Waals surface area contributed by atoms with E-state index < -0.39 is 0 Å². The summed E-state index contributed by atoms with van der Waals surface area (Å²) in [7, 11) is 5.77. The molecule has 0 aliphatic rings. The van der Waals surface area contributed by atoms with E-state index >= 15 is 0 Å². The molecule has 2 rings (SSSR count). The van der Waals surface area contributed by atoms with Crippen LogP contribution in [0.4, 0.5) is 0 Å². The van der Waals surface area contributed by atoms with Crippen LogP contribution >= 0.6 is 35.6 Å². The average molecular weight is 437 g/mol. The summed E-state index contributed by atoms with van der Waals surface area (Å²) in [6.07, 6.45) is 4.42. The summed E-state index contributed by atoms with van der Waals surface area (Å²) in [6, 6.07) is 5.84. The van der Waals surface area contributed by atoms with Crippen LogP contribution in [0, 0.1) is 0 Å². The highest BCUT2D eigenvalue weighted by Gasteiger charge is 2.09. The predicted molar refractivity (Wildman–Crippen MR) is 101 cm³/mol. The van der Waals surface area contributed by atoms with Crippen LogP contribution in [-0.4, -0.2) is 36.1 Å². The smallest absolute Gasteiger partial charge is 0.193 e. The van der Waals surface area contributed by atoms with Gasteiger partial charge in [0.05, 0.1) is 17.8 Å². The van der Waals surface area contributed by atoms with Crippen LogP contribution in [0.3, 0.4) is 0 Å². The molecular weight excluding hydrogens is 415 g/mol. The van der Waals surface area contributed by atoms with Crippen molar-refractivity contribution >= 4 is 41.5 Å². The quantitative estimate of drug-likeness (QED) is 0.445. The van der Waals surface area contributed by atoms with E-state index in [4.69, 9.17) is 16.0 Å². The van der Waals surface area contributed by atoms with Gasteiger partial charge in [-0.2, -0.15) is 0 Å². The third-order valence-electron chi connectivity index (χ3n) is 3.28. The molecule has 2 aromatic heterocycles. The lowest BCUT2D eigenvalue weighted by Crippen LogP contribution is -2.39. The molecule has 0 bridgehead atoms. The topological polar surface area (TPSA) is 45.7 Å². The van der Waals surface area contributed by atoms with Crippen molar-refractivity contribution in [3.63, 3.8) is 0 Å². The van der Waals surface area contributed by atoms with E-state index in [-0.39, 0.29) is 24.0 Å². The number of nitrogens with one attached hydrogen (secondary N) is 1. The van der Waals surface area contributed by atoms with Crippen molar-refractivity contribution in [1.29, 1.82) is 0 Å². The Morgan fingerprint density at radius 3 is 2.82 bits per heavy atom. The second kappa shape index (κ2) is 9.09. The van der Waals surface area contributed by atoms with Crippen LogP contribution in [0.1, 0.15) is 11.5 Å². The predicted octanol–water partition coefficient (Wildman–Crippen LogP) is 3.14. The van der Waals surface area contributed by atoms with Crippen LogP contribution in [-0.2, 0) is 20.0 Å². The van der Waals surface area contributed by atoms with Crippen molar-refractivity contribution in [2.24, 2.45) is 12.0 Å². The lowest BCUT2D eigenvalue weighted by atomic mass is 10.3. The molecule has 1 N–H and O–H groups in total. The molecule has 0 radical (unpaired) electrons. The van der Waals surface area contributed by atoms with Gasteiger partial charge in [0.1, 0.15) is 5.76 Å². The number of guanidine groups is 1. The van der Waals surface area contributed by atoms with Crippen LogP contribution in [0.5, 0.6) is 0 Å². The summed E-state index contributed by atoms with van der Waals surface area (Å²) in [5, 5.41) is 4.08. The van der Waals surface area contributed by atoms with Crippen LogP contribution in [0.15, 0.2) is 40.1 Å². The maximum atomic E-state index is 6.01. The number of hydrogen-bond acceptors (Lipinski definition) is 2. The Balaban J connectivity index is 0.00000242. The van der Waals surface area contributed by atoms with Gasteiger partial charge >= 0.3 is 0 Å². The molecule has 0 spiro atoms. The van der Waals surface area contributed by atoms with E-state index in [9.17, 15) is 0 Å². The third-order valence-corrected chi connectivity index (χ3v) is 3.49. The SMILES string of the molecule is CN=C(NCCc1ccco1)N(C)Cc1cc(Cl)cn1C.I. The number of aryl methyl sites for hydroxylation is 1. The molecule has 0 fully saturated rings. The molecule has 0 saturated carbocycles. The van der Waals surface area contributed by atoms with Crippen molar-refractivity contribution in [1.82, 2.24) is 14.8 Å². The first-order valence-corrected chi connectivity index (χ1v) is 7.23. The minimum absolute atomic E-state index is 0. The van der Waals surface area contributed by atoms with Gasteiger partial charge < -0.3 is 19.2 Å². The molecule has 0 aliphatic carbocycles. The Hall–Kier alpha value is -1.15. The van der Waals surface area contributed by atoms with Gasteiger partial charge in [-0.15, -0.1) is 24.0 Å². The fraction of sp³-hybridized carbons (Fsp3) is 0.400. The van der Waals surface area contributed by atoms with Crippen molar-refractivity contribution in [3.8, 4) is 0 Å². The number of nitrogens with zero attached hydrogens (tertiary/aromatic N) is 3. The molecule has 2 heterocycles. The summed E-state index contributed by atoms with van der Waals surface area (Å²) in [5.41, 5.74) is 1.14. The van der Waals surface area contributed by atoms with E-state index in [2.05, 4.69) is 15.2 Å². The standard InChI is InChI=1S/C15H21ClN4O.HI/c1-17-15(18-7-6-14-5-4-8-21-14)20(3)11-13-9-12(16)10-19(13)2;/h4-5,8-10H,6-7,11H2,1-3H3,(H,17,18);1H. The summed E-state index contributed by atoms with van der Waals surface area (Å²) < 4.78 is 7.33. The normalized spacial score (nSPS) is 11.2. The van der Waals surface area contributed by atoms with Gasteiger partial charge in [0, 0.05) is 46.0 Å². The fourth-order valence-electron chi connectivity index (χ4n) is 2.18. The number of aliphatic imine (C=N–C) groups is 1. The van der Waals surface area contributed by atoms with Crippen molar-refractivity contribution in [3.05, 3.63) is 47.1 Å². The Morgan fingerprint density at radius 2 is 2.27 bits per heavy atom. The highest BCUT2D eigenvalue weighted by atomic mass is 127. The zero-order chi connectivity index (χ0) is 15.2. The number of aromatic nitrogens is 1. The van der Waals surface area contributed by atoms with E-state index in [0.717, 1.165) is 41.9 Å². The van der Waals surface area contributed by atoms with E-state index in [1.807, 2.05) is 43.1 Å². The molecule has 0 aromatic carbocycles. The Morgan fingerprint density at radius 1 is 1.50 bits per heavy atom. The van der Waals surface area contributed by atoms with Gasteiger partial charge in [0.15, 0.2) is 5.96 Å². The number of rotatable bonds is 5. The molecular formula is C15H22ClIN4O. The minimum Gasteiger partial charge on any atom is -0.469 e. The van der Waals surface area contributed by atoms with Crippen molar-refractivity contribution in [2.75, 3.05) is 20.6 Å². The summed E-state index contributed by atoms with van der Waals surface area (Å²) >= 11 is 6.01. The molecule has 0 saturated heterocycles. The van der Waals surface area contributed by atoms with Gasteiger partial charge in [0.25, 0.3) is 0 Å². The first-order valence-electron chi connectivity index (χ1n) is 6.85. The number of hydrogen-bond donors (Lipinski definition) is 1. The molecule has 5 nitrogen and oxygen atoms in total. The highest BCUT2D eigenvalue weighted by molar-refractivity contribution is 14.0. The van der Waals surface area contributed by atoms with Gasteiger partial charge in [-0.1, -0.05) is 11.6 Å². The zero-order valence-electron chi connectivity index (χ0n) is 13.0. The lowest BCUT2D eigenvalue weighted by molar-refractivity contribution is 0.457. The summed E-state index contributed by atoms with van der Waals surface area (Å²) in [6.45, 7) is 1.52. The molecule has 0 aliphatic heterocycles. The Bertz CT molecular complexity index is 595.